The molecule has 0 bridgehead atoms. The predicted molar refractivity (Wildman–Crippen MR) is 96.0 cm³/mol. The van der Waals surface area contributed by atoms with Gasteiger partial charge < -0.3 is 16.0 Å². The van der Waals surface area contributed by atoms with Crippen molar-refractivity contribution in [2.75, 3.05) is 18.0 Å². The summed E-state index contributed by atoms with van der Waals surface area (Å²) in [4.78, 5) is 13.9. The maximum atomic E-state index is 13.8. The molecular formula is C18H20ClF2N3O. The molecule has 0 spiro atoms. The quantitative estimate of drug-likeness (QED) is 0.873. The monoisotopic (exact) mass is 367 g/mol. The van der Waals surface area contributed by atoms with Crippen molar-refractivity contribution in [3.05, 3.63) is 65.2 Å². The molecule has 25 heavy (non-hydrogen) atoms. The molecule has 134 valence electrons. The first-order valence-electron chi connectivity index (χ1n) is 7.87. The van der Waals surface area contributed by atoms with Crippen LogP contribution in [-0.2, 0) is 6.54 Å². The van der Waals surface area contributed by atoms with Crippen molar-refractivity contribution in [2.45, 2.75) is 19.0 Å². The summed E-state index contributed by atoms with van der Waals surface area (Å²) in [5.74, 6) is -1.36. The number of rotatable bonds is 4. The Labute approximate surface area is 151 Å². The summed E-state index contributed by atoms with van der Waals surface area (Å²) in [6, 6.07) is 10.7. The molecule has 7 heteroatoms. The number of para-hydroxylation sites is 1. The minimum Gasteiger partial charge on any atom is -0.365 e. The van der Waals surface area contributed by atoms with E-state index >= 15 is 0 Å². The second kappa shape index (κ2) is 8.27. The lowest BCUT2D eigenvalue weighted by Crippen LogP contribution is -2.37. The Kier molecular flexibility index (Phi) is 6.33. The van der Waals surface area contributed by atoms with Crippen molar-refractivity contribution in [1.29, 1.82) is 0 Å². The summed E-state index contributed by atoms with van der Waals surface area (Å²) < 4.78 is 27.7. The molecule has 1 aliphatic heterocycles. The lowest BCUT2D eigenvalue weighted by molar-refractivity contribution is 0.0940. The van der Waals surface area contributed by atoms with Crippen LogP contribution in [0.1, 0.15) is 22.3 Å². The van der Waals surface area contributed by atoms with E-state index in [1.807, 2.05) is 12.1 Å². The Morgan fingerprint density at radius 1 is 1.16 bits per heavy atom. The molecule has 1 unspecified atom stereocenters. The SMILES string of the molecule is Cl.NCc1ccc(C(=O)NC2CCN(c3c(F)cccc3F)C2)cc1. The molecule has 1 atom stereocenters. The van der Waals surface area contributed by atoms with Crippen LogP contribution < -0.4 is 16.0 Å². The summed E-state index contributed by atoms with van der Waals surface area (Å²) in [5.41, 5.74) is 7.01. The van der Waals surface area contributed by atoms with Gasteiger partial charge in [-0.2, -0.15) is 0 Å². The normalized spacial score (nSPS) is 16.4. The van der Waals surface area contributed by atoms with E-state index < -0.39 is 11.6 Å². The molecular weight excluding hydrogens is 348 g/mol. The first-order chi connectivity index (χ1) is 11.6. The highest BCUT2D eigenvalue weighted by atomic mass is 35.5. The number of nitrogens with two attached hydrogens (primary N) is 1. The Morgan fingerprint density at radius 2 is 1.80 bits per heavy atom. The van der Waals surface area contributed by atoms with Gasteiger partial charge >= 0.3 is 0 Å². The zero-order chi connectivity index (χ0) is 17.1. The minimum absolute atomic E-state index is 0. The van der Waals surface area contributed by atoms with Crippen LogP contribution in [0.2, 0.25) is 0 Å². The van der Waals surface area contributed by atoms with Gasteiger partial charge in [-0.25, -0.2) is 8.78 Å². The average molecular weight is 368 g/mol. The molecule has 4 nitrogen and oxygen atoms in total. The third-order valence-corrected chi connectivity index (χ3v) is 4.23. The molecule has 2 aromatic rings. The van der Waals surface area contributed by atoms with Crippen molar-refractivity contribution in [3.8, 4) is 0 Å². The molecule has 1 heterocycles. The first-order valence-corrected chi connectivity index (χ1v) is 7.87. The van der Waals surface area contributed by atoms with Crippen LogP contribution in [-0.4, -0.2) is 25.0 Å². The van der Waals surface area contributed by atoms with Gasteiger partial charge in [-0.1, -0.05) is 18.2 Å². The minimum atomic E-state index is -0.584. The molecule has 3 rings (SSSR count). The molecule has 0 aromatic heterocycles. The molecule has 0 aliphatic carbocycles. The van der Waals surface area contributed by atoms with Gasteiger partial charge in [0.15, 0.2) is 0 Å². The molecule has 1 saturated heterocycles. The Balaban J connectivity index is 0.00000225. The van der Waals surface area contributed by atoms with Crippen molar-refractivity contribution in [2.24, 2.45) is 5.73 Å². The highest BCUT2D eigenvalue weighted by Crippen LogP contribution is 2.26. The fourth-order valence-corrected chi connectivity index (χ4v) is 2.93. The van der Waals surface area contributed by atoms with Gasteiger partial charge in [-0.3, -0.25) is 4.79 Å². The number of nitrogens with one attached hydrogen (secondary N) is 1. The van der Waals surface area contributed by atoms with Gasteiger partial charge in [0, 0.05) is 31.2 Å². The van der Waals surface area contributed by atoms with E-state index in [-0.39, 0.29) is 30.0 Å². The van der Waals surface area contributed by atoms with E-state index in [4.69, 9.17) is 5.73 Å². The largest absolute Gasteiger partial charge is 0.365 e. The van der Waals surface area contributed by atoms with Gasteiger partial charge in [-0.05, 0) is 36.2 Å². The summed E-state index contributed by atoms with van der Waals surface area (Å²) >= 11 is 0. The van der Waals surface area contributed by atoms with E-state index in [1.165, 1.54) is 18.2 Å². The van der Waals surface area contributed by atoms with E-state index in [0.717, 1.165) is 5.56 Å². The number of hydrogen-bond acceptors (Lipinski definition) is 3. The predicted octanol–water partition coefficient (Wildman–Crippen LogP) is 2.85. The number of anilines is 1. The number of carbonyl (C=O) groups excluding carboxylic acids is 1. The number of amides is 1. The maximum Gasteiger partial charge on any atom is 0.251 e. The van der Waals surface area contributed by atoms with Crippen molar-refractivity contribution < 1.29 is 13.6 Å². The Bertz CT molecular complexity index is 719. The van der Waals surface area contributed by atoms with Gasteiger partial charge in [0.2, 0.25) is 0 Å². The summed E-state index contributed by atoms with van der Waals surface area (Å²) in [5, 5.41) is 2.91. The van der Waals surface area contributed by atoms with Crippen LogP contribution in [0.15, 0.2) is 42.5 Å². The van der Waals surface area contributed by atoms with Crippen LogP contribution in [0.5, 0.6) is 0 Å². The zero-order valence-corrected chi connectivity index (χ0v) is 14.4. The second-order valence-electron chi connectivity index (χ2n) is 5.88. The molecule has 0 saturated carbocycles. The van der Waals surface area contributed by atoms with Gasteiger partial charge in [0.25, 0.3) is 5.91 Å². The summed E-state index contributed by atoms with van der Waals surface area (Å²) in [6.45, 7) is 1.30. The van der Waals surface area contributed by atoms with E-state index in [9.17, 15) is 13.6 Å². The highest BCUT2D eigenvalue weighted by molar-refractivity contribution is 5.94. The zero-order valence-electron chi connectivity index (χ0n) is 13.5. The number of benzene rings is 2. The maximum absolute atomic E-state index is 13.8. The van der Waals surface area contributed by atoms with Crippen LogP contribution in [0, 0.1) is 11.6 Å². The Hall–Kier alpha value is -2.18. The van der Waals surface area contributed by atoms with Crippen molar-refractivity contribution >= 4 is 24.0 Å². The average Bonchev–Trinajstić information content (AvgIpc) is 3.03. The van der Waals surface area contributed by atoms with Crippen molar-refractivity contribution in [1.82, 2.24) is 5.32 Å². The molecule has 3 N–H and O–H groups in total. The third-order valence-electron chi connectivity index (χ3n) is 4.23. The van der Waals surface area contributed by atoms with E-state index in [1.54, 1.807) is 17.0 Å². The number of halogens is 3. The molecule has 1 amide bonds. The van der Waals surface area contributed by atoms with Crippen LogP contribution >= 0.6 is 12.4 Å². The van der Waals surface area contributed by atoms with Crippen LogP contribution in [0.25, 0.3) is 0 Å². The van der Waals surface area contributed by atoms with Gasteiger partial charge in [0.1, 0.15) is 17.3 Å². The molecule has 1 aliphatic rings. The molecule has 1 fully saturated rings. The lowest BCUT2D eigenvalue weighted by atomic mass is 10.1. The standard InChI is InChI=1S/C18H19F2N3O.ClH/c19-15-2-1-3-16(20)17(15)23-9-8-14(11-23)22-18(24)13-6-4-12(10-21)5-7-13;/h1-7,14H,8-11,21H2,(H,22,24);1H. The summed E-state index contributed by atoms with van der Waals surface area (Å²) in [6.07, 6.45) is 0.639. The molecule has 0 radical (unpaired) electrons. The van der Waals surface area contributed by atoms with Crippen LogP contribution in [0.4, 0.5) is 14.5 Å². The van der Waals surface area contributed by atoms with Crippen LogP contribution in [0.3, 0.4) is 0 Å². The number of nitrogens with zero attached hydrogens (tertiary/aromatic N) is 1. The van der Waals surface area contributed by atoms with Gasteiger partial charge in [0.05, 0.1) is 0 Å². The summed E-state index contributed by atoms with van der Waals surface area (Å²) in [7, 11) is 0. The van der Waals surface area contributed by atoms with Gasteiger partial charge in [-0.15, -0.1) is 12.4 Å². The smallest absolute Gasteiger partial charge is 0.251 e. The first kappa shape index (κ1) is 19.1. The molecule has 2 aromatic carbocycles. The highest BCUT2D eigenvalue weighted by Gasteiger charge is 2.27. The number of carbonyl (C=O) groups is 1. The van der Waals surface area contributed by atoms with E-state index in [0.29, 0.717) is 31.6 Å². The topological polar surface area (TPSA) is 58.4 Å². The fraction of sp³-hybridized carbons (Fsp3) is 0.278. The lowest BCUT2D eigenvalue weighted by Gasteiger charge is -2.20. The Morgan fingerprint density at radius 3 is 2.40 bits per heavy atom. The number of hydrogen-bond donors (Lipinski definition) is 2. The second-order valence-corrected chi connectivity index (χ2v) is 5.88. The van der Waals surface area contributed by atoms with Crippen molar-refractivity contribution in [3.63, 3.8) is 0 Å². The van der Waals surface area contributed by atoms with E-state index in [2.05, 4.69) is 5.32 Å². The third kappa shape index (κ3) is 4.27. The fourth-order valence-electron chi connectivity index (χ4n) is 2.93.